The number of nitrogens with one attached hydrogen (secondary N) is 2. The normalized spacial score (nSPS) is 17.7. The van der Waals surface area contributed by atoms with Gasteiger partial charge in [0.25, 0.3) is 5.91 Å². The number of likely N-dealkylation sites (tertiary alicyclic amines) is 2. The van der Waals surface area contributed by atoms with Crippen LogP contribution in [0.3, 0.4) is 0 Å². The Bertz CT molecular complexity index is 1470. The number of H-pyrrole nitrogens is 1. The third-order valence-corrected chi connectivity index (χ3v) is 8.06. The molecule has 0 spiro atoms. The van der Waals surface area contributed by atoms with Crippen LogP contribution in [0.25, 0.3) is 11.0 Å². The Morgan fingerprint density at radius 3 is 2.30 bits per heavy atom. The highest BCUT2D eigenvalue weighted by molar-refractivity contribution is 6.03. The molecule has 2 fully saturated rings. The van der Waals surface area contributed by atoms with Crippen LogP contribution in [0.5, 0.6) is 5.75 Å². The molecular formula is C31H38F3N5O4. The second-order valence-electron chi connectivity index (χ2n) is 12.4. The average Bonchev–Trinajstić information content (AvgIpc) is 3.36. The van der Waals surface area contributed by atoms with E-state index in [1.54, 1.807) is 25.7 Å². The molecule has 2 aliphatic rings. The zero-order valence-corrected chi connectivity index (χ0v) is 24.9. The van der Waals surface area contributed by atoms with E-state index in [-0.39, 0.29) is 17.2 Å². The maximum Gasteiger partial charge on any atom is 0.573 e. The molecule has 2 saturated heterocycles. The minimum atomic E-state index is -4.93. The number of fused-ring (bicyclic) bond motifs is 1. The van der Waals surface area contributed by atoms with Crippen molar-refractivity contribution in [2.45, 2.75) is 70.3 Å². The second kappa shape index (κ2) is 12.1. The van der Waals surface area contributed by atoms with Crippen LogP contribution in [0.15, 0.2) is 36.5 Å². The fourth-order valence-corrected chi connectivity index (χ4v) is 5.95. The summed E-state index contributed by atoms with van der Waals surface area (Å²) >= 11 is 0. The number of aromatic amines is 1. The van der Waals surface area contributed by atoms with Gasteiger partial charge in [-0.05, 0) is 102 Å². The molecule has 232 valence electrons. The van der Waals surface area contributed by atoms with E-state index in [4.69, 9.17) is 4.74 Å². The summed E-state index contributed by atoms with van der Waals surface area (Å²) in [5, 5.41) is 3.55. The first-order valence-corrected chi connectivity index (χ1v) is 14.6. The number of halogens is 3. The molecule has 9 nitrogen and oxygen atoms in total. The maximum absolute atomic E-state index is 13.6. The van der Waals surface area contributed by atoms with Gasteiger partial charge in [-0.15, -0.1) is 13.2 Å². The lowest BCUT2D eigenvalue weighted by molar-refractivity contribution is -0.274. The lowest BCUT2D eigenvalue weighted by atomic mass is 9.87. The first-order valence-electron chi connectivity index (χ1n) is 14.6. The Labute approximate surface area is 248 Å². The molecule has 0 saturated carbocycles. The summed E-state index contributed by atoms with van der Waals surface area (Å²) in [6.07, 6.45) is -0.364. The molecule has 2 aliphatic heterocycles. The Hall–Kier alpha value is -3.80. The van der Waals surface area contributed by atoms with Crippen molar-refractivity contribution >= 4 is 28.7 Å². The maximum atomic E-state index is 13.6. The van der Waals surface area contributed by atoms with Gasteiger partial charge in [0.1, 0.15) is 17.0 Å². The number of benzene rings is 1. The number of carbonyl (C=O) groups excluding carboxylic acids is 2. The van der Waals surface area contributed by atoms with Crippen LogP contribution in [0.4, 0.5) is 23.7 Å². The predicted molar refractivity (Wildman–Crippen MR) is 156 cm³/mol. The summed E-state index contributed by atoms with van der Waals surface area (Å²) in [5.41, 5.74) is 2.39. The minimum absolute atomic E-state index is 0.0542. The molecule has 0 aliphatic carbocycles. The van der Waals surface area contributed by atoms with E-state index < -0.39 is 29.7 Å². The van der Waals surface area contributed by atoms with E-state index in [0.717, 1.165) is 49.1 Å². The quantitative estimate of drug-likeness (QED) is 0.340. The number of amides is 2. The van der Waals surface area contributed by atoms with Crippen molar-refractivity contribution in [2.75, 3.05) is 38.5 Å². The van der Waals surface area contributed by atoms with Crippen molar-refractivity contribution in [3.63, 3.8) is 0 Å². The van der Waals surface area contributed by atoms with Crippen molar-refractivity contribution in [1.29, 1.82) is 0 Å². The van der Waals surface area contributed by atoms with E-state index in [1.807, 2.05) is 6.20 Å². The van der Waals surface area contributed by atoms with Crippen LogP contribution in [-0.4, -0.2) is 77.0 Å². The summed E-state index contributed by atoms with van der Waals surface area (Å²) in [5.74, 6) is -0.248. The van der Waals surface area contributed by atoms with Crippen molar-refractivity contribution < 1.29 is 32.2 Å². The molecule has 3 aromatic rings. The minimum Gasteiger partial charge on any atom is -0.444 e. The summed E-state index contributed by atoms with van der Waals surface area (Å²) in [4.78, 5) is 38.2. The number of rotatable bonds is 5. The van der Waals surface area contributed by atoms with Crippen LogP contribution < -0.4 is 10.1 Å². The van der Waals surface area contributed by atoms with Gasteiger partial charge in [-0.3, -0.25) is 10.1 Å². The number of nitrogens with zero attached hydrogens (tertiary/aromatic N) is 3. The van der Waals surface area contributed by atoms with E-state index in [2.05, 4.69) is 44.1 Å². The third kappa shape index (κ3) is 7.59. The fraction of sp³-hybridized carbons (Fsp3) is 0.516. The van der Waals surface area contributed by atoms with Gasteiger partial charge in [-0.1, -0.05) is 0 Å². The van der Waals surface area contributed by atoms with Gasteiger partial charge in [0.15, 0.2) is 0 Å². The number of pyridine rings is 1. The highest BCUT2D eigenvalue weighted by atomic mass is 19.4. The Balaban J connectivity index is 1.31. The van der Waals surface area contributed by atoms with Gasteiger partial charge in [0.05, 0.1) is 11.3 Å². The summed E-state index contributed by atoms with van der Waals surface area (Å²) in [6.45, 7) is 8.01. The largest absolute Gasteiger partial charge is 0.573 e. The topological polar surface area (TPSA) is 99.8 Å². The Kier molecular flexibility index (Phi) is 8.60. The summed E-state index contributed by atoms with van der Waals surface area (Å²) < 4.78 is 47.9. The summed E-state index contributed by atoms with van der Waals surface area (Å²) in [6, 6.07) is 7.58. The standard InChI is InChI=1S/C31H38F3N5O4/c1-30(2,3)43-29(41)37-26-17-21(42-31(32,33)34)5-6-23(26)28(40)39-15-10-19(11-16-39)22-7-12-35-27-24(22)18-25(36-27)20-8-13-38(4)14-9-20/h5-7,12,17-20H,8-11,13-16H2,1-4H3,(H,35,36)(H,37,41). The second-order valence-corrected chi connectivity index (χ2v) is 12.4. The average molecular weight is 602 g/mol. The molecule has 0 unspecified atom stereocenters. The molecule has 0 radical (unpaired) electrons. The van der Waals surface area contributed by atoms with Crippen LogP contribution in [0, 0.1) is 0 Å². The first kappa shape index (κ1) is 30.7. The molecular weight excluding hydrogens is 563 g/mol. The van der Waals surface area contributed by atoms with Crippen molar-refractivity contribution in [1.82, 2.24) is 19.8 Å². The van der Waals surface area contributed by atoms with Crippen LogP contribution in [0.2, 0.25) is 0 Å². The molecule has 0 bridgehead atoms. The van der Waals surface area contributed by atoms with Gasteiger partial charge < -0.3 is 24.3 Å². The Morgan fingerprint density at radius 2 is 1.65 bits per heavy atom. The highest BCUT2D eigenvalue weighted by Crippen LogP contribution is 2.37. The summed E-state index contributed by atoms with van der Waals surface area (Å²) in [7, 11) is 2.15. The number of ether oxygens (including phenoxy) is 2. The van der Waals surface area contributed by atoms with E-state index in [0.29, 0.717) is 31.8 Å². The van der Waals surface area contributed by atoms with Crippen LogP contribution >= 0.6 is 0 Å². The lowest BCUT2D eigenvalue weighted by Crippen LogP contribution is -2.38. The van der Waals surface area contributed by atoms with Crippen LogP contribution in [-0.2, 0) is 4.74 Å². The molecule has 2 aromatic heterocycles. The highest BCUT2D eigenvalue weighted by Gasteiger charge is 2.33. The molecule has 2 amide bonds. The lowest BCUT2D eigenvalue weighted by Gasteiger charge is -2.33. The molecule has 43 heavy (non-hydrogen) atoms. The van der Waals surface area contributed by atoms with Crippen LogP contribution in [0.1, 0.15) is 79.9 Å². The zero-order chi connectivity index (χ0) is 30.9. The van der Waals surface area contributed by atoms with Gasteiger partial charge in [0, 0.05) is 42.4 Å². The molecule has 4 heterocycles. The Morgan fingerprint density at radius 1 is 0.977 bits per heavy atom. The van der Waals surface area contributed by atoms with Gasteiger partial charge in [-0.25, -0.2) is 9.78 Å². The molecule has 2 N–H and O–H groups in total. The predicted octanol–water partition coefficient (Wildman–Crippen LogP) is 6.64. The molecule has 1 aromatic carbocycles. The number of alkyl halides is 3. The number of anilines is 1. The number of aromatic nitrogens is 2. The van der Waals surface area contributed by atoms with Crippen molar-refractivity contribution in [2.24, 2.45) is 0 Å². The number of carbonyl (C=O) groups is 2. The third-order valence-electron chi connectivity index (χ3n) is 8.06. The number of hydrogen-bond acceptors (Lipinski definition) is 6. The van der Waals surface area contributed by atoms with Crippen molar-refractivity contribution in [3.05, 3.63) is 53.3 Å². The molecule has 12 heteroatoms. The smallest absolute Gasteiger partial charge is 0.444 e. The van der Waals surface area contributed by atoms with E-state index in [9.17, 15) is 22.8 Å². The van der Waals surface area contributed by atoms with Crippen molar-refractivity contribution in [3.8, 4) is 5.75 Å². The number of hydrogen-bond donors (Lipinski definition) is 2. The monoisotopic (exact) mass is 601 g/mol. The number of piperidine rings is 2. The SMILES string of the molecule is CN1CCC(c2cc3c(C4CCN(C(=O)c5ccc(OC(F)(F)F)cc5NC(=O)OC(C)(C)C)CC4)ccnc3[nH]2)CC1. The van der Waals surface area contributed by atoms with E-state index in [1.165, 1.54) is 17.3 Å². The van der Waals surface area contributed by atoms with Gasteiger partial charge in [-0.2, -0.15) is 0 Å². The van der Waals surface area contributed by atoms with E-state index >= 15 is 0 Å². The van der Waals surface area contributed by atoms with Gasteiger partial charge in [0.2, 0.25) is 0 Å². The molecule has 5 rings (SSSR count). The molecule has 0 atom stereocenters. The fourth-order valence-electron chi connectivity index (χ4n) is 5.95. The first-order chi connectivity index (χ1) is 20.3. The van der Waals surface area contributed by atoms with Gasteiger partial charge >= 0.3 is 12.5 Å². The zero-order valence-electron chi connectivity index (χ0n) is 24.9.